The van der Waals surface area contributed by atoms with Crippen molar-refractivity contribution in [3.63, 3.8) is 0 Å². The number of rotatable bonds is 5. The van der Waals surface area contributed by atoms with Crippen LogP contribution in [0.15, 0.2) is 36.4 Å². The molecule has 2 heterocycles. The smallest absolute Gasteiger partial charge is 0.390 e. The second kappa shape index (κ2) is 8.48. The molecule has 0 spiro atoms. The van der Waals surface area contributed by atoms with E-state index in [1.54, 1.807) is 15.6 Å². The summed E-state index contributed by atoms with van der Waals surface area (Å²) < 4.78 is 39.3. The van der Waals surface area contributed by atoms with Crippen LogP contribution in [-0.2, 0) is 35.5 Å². The summed E-state index contributed by atoms with van der Waals surface area (Å²) in [7, 11) is 0. The van der Waals surface area contributed by atoms with Gasteiger partial charge in [0.15, 0.2) is 0 Å². The van der Waals surface area contributed by atoms with Gasteiger partial charge in [-0.2, -0.15) is 18.3 Å². The molecule has 1 aliphatic heterocycles. The highest BCUT2D eigenvalue weighted by Crippen LogP contribution is 2.29. The van der Waals surface area contributed by atoms with Gasteiger partial charge >= 0.3 is 6.18 Å². The summed E-state index contributed by atoms with van der Waals surface area (Å²) in [5, 5.41) is 15.8. The van der Waals surface area contributed by atoms with Gasteiger partial charge in [-0.05, 0) is 29.8 Å². The van der Waals surface area contributed by atoms with E-state index in [9.17, 15) is 22.8 Å². The molecule has 7 nitrogen and oxygen atoms in total. The zero-order valence-corrected chi connectivity index (χ0v) is 15.3. The lowest BCUT2D eigenvalue weighted by molar-refractivity contribution is -0.137. The number of aliphatic hydroxyl groups excluding tert-OH is 1. The predicted molar refractivity (Wildman–Crippen MR) is 97.1 cm³/mol. The number of hydrogen-bond acceptors (Lipinski definition) is 4. The van der Waals surface area contributed by atoms with Gasteiger partial charge in [0.25, 0.3) is 0 Å². The maximum atomic E-state index is 12.5. The van der Waals surface area contributed by atoms with Crippen molar-refractivity contribution in [2.75, 3.05) is 13.1 Å². The topological polar surface area (TPSA) is 87.5 Å². The van der Waals surface area contributed by atoms with Crippen LogP contribution < -0.4 is 5.32 Å². The van der Waals surface area contributed by atoms with Crippen molar-refractivity contribution in [3.8, 4) is 0 Å². The fraction of sp³-hybridized carbons (Fsp3) is 0.316. The molecule has 2 N–H and O–H groups in total. The van der Waals surface area contributed by atoms with E-state index in [-0.39, 0.29) is 19.1 Å². The van der Waals surface area contributed by atoms with Crippen molar-refractivity contribution < 1.29 is 27.9 Å². The number of aromatic nitrogens is 2. The molecule has 0 saturated carbocycles. The molecule has 2 amide bonds. The van der Waals surface area contributed by atoms with E-state index in [0.717, 1.165) is 23.9 Å². The van der Waals surface area contributed by atoms with E-state index >= 15 is 0 Å². The van der Waals surface area contributed by atoms with Gasteiger partial charge in [0.05, 0.1) is 43.2 Å². The lowest BCUT2D eigenvalue weighted by Crippen LogP contribution is -2.43. The standard InChI is InChI=1S/C19H19F3N4O3/c20-19(21,22)14-4-1-13(2-5-14)3-6-17(28)23-10-18(29)25-7-8-26-16(11-25)9-15(12-27)24-26/h1-6,9,27H,7-8,10-12H2,(H,23,28)/b6-3+. The Labute approximate surface area is 164 Å². The number of nitrogens with one attached hydrogen (secondary N) is 1. The average Bonchev–Trinajstić information content (AvgIpc) is 3.12. The first-order valence-corrected chi connectivity index (χ1v) is 8.83. The normalized spacial score (nSPS) is 14.1. The Morgan fingerprint density at radius 3 is 2.59 bits per heavy atom. The first-order chi connectivity index (χ1) is 13.8. The van der Waals surface area contributed by atoms with Gasteiger partial charge in [0, 0.05) is 12.6 Å². The molecule has 1 aromatic carbocycles. The van der Waals surface area contributed by atoms with Crippen LogP contribution in [0.1, 0.15) is 22.5 Å². The van der Waals surface area contributed by atoms with Gasteiger partial charge in [-0.3, -0.25) is 14.3 Å². The molecule has 0 atom stereocenters. The number of hydrogen-bond donors (Lipinski definition) is 2. The third kappa shape index (κ3) is 5.23. The molecule has 154 valence electrons. The predicted octanol–water partition coefficient (Wildman–Crippen LogP) is 1.57. The first-order valence-electron chi connectivity index (χ1n) is 8.83. The Balaban J connectivity index is 1.49. The van der Waals surface area contributed by atoms with Gasteiger partial charge in [-0.25, -0.2) is 0 Å². The Bertz CT molecular complexity index is 920. The summed E-state index contributed by atoms with van der Waals surface area (Å²) in [6.07, 6.45) is -1.88. The molecule has 0 radical (unpaired) electrons. The quantitative estimate of drug-likeness (QED) is 0.736. The van der Waals surface area contributed by atoms with E-state index < -0.39 is 17.6 Å². The average molecular weight is 408 g/mol. The van der Waals surface area contributed by atoms with E-state index in [4.69, 9.17) is 5.11 Å². The zero-order chi connectivity index (χ0) is 21.0. The highest BCUT2D eigenvalue weighted by molar-refractivity contribution is 5.94. The summed E-state index contributed by atoms with van der Waals surface area (Å²) in [4.78, 5) is 25.8. The van der Waals surface area contributed by atoms with Gasteiger partial charge in [0.1, 0.15) is 0 Å². The lowest BCUT2D eigenvalue weighted by atomic mass is 10.1. The van der Waals surface area contributed by atoms with Crippen molar-refractivity contribution >= 4 is 17.9 Å². The lowest BCUT2D eigenvalue weighted by Gasteiger charge is -2.27. The maximum Gasteiger partial charge on any atom is 0.416 e. The Morgan fingerprint density at radius 1 is 1.21 bits per heavy atom. The fourth-order valence-corrected chi connectivity index (χ4v) is 2.90. The SMILES string of the molecule is O=C(/C=C/c1ccc(C(F)(F)F)cc1)NCC(=O)N1CCn2nc(CO)cc2C1. The summed E-state index contributed by atoms with van der Waals surface area (Å²) in [5.41, 5.74) is 1.01. The third-order valence-electron chi connectivity index (χ3n) is 4.44. The van der Waals surface area contributed by atoms with Gasteiger partial charge in [0.2, 0.25) is 11.8 Å². The van der Waals surface area contributed by atoms with Gasteiger partial charge in [-0.15, -0.1) is 0 Å². The van der Waals surface area contributed by atoms with E-state index in [0.29, 0.717) is 30.9 Å². The molecule has 29 heavy (non-hydrogen) atoms. The van der Waals surface area contributed by atoms with E-state index in [2.05, 4.69) is 10.4 Å². The van der Waals surface area contributed by atoms with E-state index in [1.165, 1.54) is 18.2 Å². The largest absolute Gasteiger partial charge is 0.416 e. The number of amides is 2. The summed E-state index contributed by atoms with van der Waals surface area (Å²) in [6.45, 7) is 0.911. The molecular weight excluding hydrogens is 389 g/mol. The second-order valence-electron chi connectivity index (χ2n) is 6.49. The molecule has 0 fully saturated rings. The molecular formula is C19H19F3N4O3. The van der Waals surface area contributed by atoms with Gasteiger partial charge < -0.3 is 15.3 Å². The summed E-state index contributed by atoms with van der Waals surface area (Å²) >= 11 is 0. The van der Waals surface area contributed by atoms with Crippen LogP contribution in [0.5, 0.6) is 0 Å². The van der Waals surface area contributed by atoms with Crippen molar-refractivity contribution in [2.24, 2.45) is 0 Å². The van der Waals surface area contributed by atoms with Gasteiger partial charge in [-0.1, -0.05) is 12.1 Å². The highest BCUT2D eigenvalue weighted by Gasteiger charge is 2.29. The summed E-state index contributed by atoms with van der Waals surface area (Å²) in [5.74, 6) is -0.790. The molecule has 0 bridgehead atoms. The Kier molecular flexibility index (Phi) is 6.02. The fourth-order valence-electron chi connectivity index (χ4n) is 2.90. The molecule has 1 aliphatic rings. The molecule has 0 unspecified atom stereocenters. The Hall–Kier alpha value is -3.14. The second-order valence-corrected chi connectivity index (χ2v) is 6.49. The molecule has 1 aromatic heterocycles. The molecule has 3 rings (SSSR count). The van der Waals surface area contributed by atoms with Crippen LogP contribution >= 0.6 is 0 Å². The van der Waals surface area contributed by atoms with Crippen LogP contribution in [0, 0.1) is 0 Å². The number of fused-ring (bicyclic) bond motifs is 1. The van der Waals surface area contributed by atoms with Crippen LogP contribution in [0.4, 0.5) is 13.2 Å². The number of halogens is 3. The minimum atomic E-state index is -4.41. The number of alkyl halides is 3. The zero-order valence-electron chi connectivity index (χ0n) is 15.3. The van der Waals surface area contributed by atoms with E-state index in [1.807, 2.05) is 0 Å². The number of carbonyl (C=O) groups is 2. The monoisotopic (exact) mass is 408 g/mol. The van der Waals surface area contributed by atoms with Crippen LogP contribution in [0.25, 0.3) is 6.08 Å². The molecule has 10 heteroatoms. The minimum absolute atomic E-state index is 0.171. The molecule has 0 saturated heterocycles. The number of benzene rings is 1. The van der Waals surface area contributed by atoms with Crippen LogP contribution in [0.2, 0.25) is 0 Å². The first kappa shape index (κ1) is 20.6. The van der Waals surface area contributed by atoms with Crippen LogP contribution in [0.3, 0.4) is 0 Å². The molecule has 2 aromatic rings. The highest BCUT2D eigenvalue weighted by atomic mass is 19.4. The van der Waals surface area contributed by atoms with Crippen molar-refractivity contribution in [3.05, 3.63) is 58.9 Å². The van der Waals surface area contributed by atoms with Crippen molar-refractivity contribution in [1.82, 2.24) is 20.0 Å². The summed E-state index contributed by atoms with van der Waals surface area (Å²) in [6, 6.07) is 6.12. The third-order valence-corrected chi connectivity index (χ3v) is 4.44. The Morgan fingerprint density at radius 2 is 1.93 bits per heavy atom. The number of carbonyl (C=O) groups excluding carboxylic acids is 2. The number of nitrogens with zero attached hydrogens (tertiary/aromatic N) is 3. The van der Waals surface area contributed by atoms with Crippen molar-refractivity contribution in [2.45, 2.75) is 25.9 Å². The van der Waals surface area contributed by atoms with Crippen LogP contribution in [-0.4, -0.2) is 44.7 Å². The molecule has 0 aliphatic carbocycles. The minimum Gasteiger partial charge on any atom is -0.390 e. The number of aliphatic hydroxyl groups is 1. The maximum absolute atomic E-state index is 12.5. The van der Waals surface area contributed by atoms with Crippen molar-refractivity contribution in [1.29, 1.82) is 0 Å².